The highest BCUT2D eigenvalue weighted by atomic mass is 35.5. The third-order valence-electron chi connectivity index (χ3n) is 2.76. The molecule has 0 unspecified atom stereocenters. The van der Waals surface area contributed by atoms with Crippen LogP contribution >= 0.6 is 11.6 Å². The molecule has 0 spiro atoms. The van der Waals surface area contributed by atoms with E-state index in [4.69, 9.17) is 11.6 Å². The monoisotopic (exact) mass is 284 g/mol. The largest absolute Gasteiger partial charge is 0.477 e. The summed E-state index contributed by atoms with van der Waals surface area (Å²) >= 11 is 5.80. The highest BCUT2D eigenvalue weighted by Gasteiger charge is 2.06. The number of hydrogen-bond donors (Lipinski definition) is 1. The lowest BCUT2D eigenvalue weighted by Gasteiger charge is -1.99. The summed E-state index contributed by atoms with van der Waals surface area (Å²) in [6.07, 6.45) is 2.00. The maximum Gasteiger partial charge on any atom is 0.339 e. The minimum atomic E-state index is -0.959. The van der Waals surface area contributed by atoms with E-state index in [9.17, 15) is 9.90 Å². The van der Waals surface area contributed by atoms with Crippen LogP contribution in [0.1, 0.15) is 11.1 Å². The highest BCUT2D eigenvalue weighted by Crippen LogP contribution is 2.12. The van der Waals surface area contributed by atoms with Crippen molar-refractivity contribution < 1.29 is 9.90 Å². The summed E-state index contributed by atoms with van der Waals surface area (Å²) in [5.41, 5.74) is 4.89. The van der Waals surface area contributed by atoms with Crippen molar-refractivity contribution in [3.8, 4) is 0 Å². The van der Waals surface area contributed by atoms with Crippen molar-refractivity contribution in [2.24, 2.45) is 0 Å². The molecule has 0 aromatic heterocycles. The lowest BCUT2D eigenvalue weighted by Crippen LogP contribution is -2.02. The minimum absolute atomic E-state index is 0.228. The van der Waals surface area contributed by atoms with E-state index in [2.05, 4.69) is 5.73 Å². The molecule has 0 bridgehead atoms. The zero-order valence-electron chi connectivity index (χ0n) is 10.7. The number of hydrogen-bond acceptors (Lipinski definition) is 1. The lowest BCUT2D eigenvalue weighted by molar-refractivity contribution is -0.132. The maximum absolute atomic E-state index is 11.2. The summed E-state index contributed by atoms with van der Waals surface area (Å²) in [5.74, 6) is -0.959. The molecule has 0 heterocycles. The summed E-state index contributed by atoms with van der Waals surface area (Å²) in [5, 5.41) is 9.86. The fourth-order valence-electron chi connectivity index (χ4n) is 1.72. The number of carboxylic acid groups (broad SMARTS) is 1. The first-order valence-corrected chi connectivity index (χ1v) is 6.51. The summed E-state index contributed by atoms with van der Waals surface area (Å²) in [4.78, 5) is 11.2. The van der Waals surface area contributed by atoms with Crippen molar-refractivity contribution in [1.29, 1.82) is 0 Å². The van der Waals surface area contributed by atoms with Gasteiger partial charge in [-0.1, -0.05) is 54.1 Å². The van der Waals surface area contributed by atoms with Crippen molar-refractivity contribution in [3.63, 3.8) is 0 Å². The third-order valence-corrected chi connectivity index (χ3v) is 3.02. The molecule has 0 saturated heterocycles. The Balaban J connectivity index is 2.26. The Bertz CT molecular complexity index is 651. The zero-order chi connectivity index (χ0) is 14.4. The van der Waals surface area contributed by atoms with Crippen LogP contribution in [0.3, 0.4) is 0 Å². The van der Waals surface area contributed by atoms with E-state index in [0.717, 1.165) is 11.1 Å². The van der Waals surface area contributed by atoms with Crippen LogP contribution < -0.4 is 0 Å². The number of halogens is 1. The van der Waals surface area contributed by atoms with Gasteiger partial charge in [0.1, 0.15) is 0 Å². The molecule has 0 fully saturated rings. The van der Waals surface area contributed by atoms with Gasteiger partial charge < -0.3 is 5.11 Å². The molecule has 3 heteroatoms. The first-order chi connectivity index (χ1) is 9.65. The van der Waals surface area contributed by atoms with Crippen LogP contribution in [0, 0.1) is 0 Å². The third kappa shape index (κ3) is 4.13. The molecule has 1 N–H and O–H groups in total. The molecule has 20 heavy (non-hydrogen) atoms. The van der Waals surface area contributed by atoms with Gasteiger partial charge in [0.2, 0.25) is 0 Å². The van der Waals surface area contributed by atoms with Crippen molar-refractivity contribution >= 4 is 23.6 Å². The fourth-order valence-corrected chi connectivity index (χ4v) is 1.84. The van der Waals surface area contributed by atoms with Crippen LogP contribution in [0.15, 0.2) is 65.9 Å². The SMILES string of the molecule is O=C(O)C(=C=Cc1ccc(Cl)cc1)Cc1ccccc1. The molecule has 0 radical (unpaired) electrons. The van der Waals surface area contributed by atoms with Gasteiger partial charge in [0.15, 0.2) is 0 Å². The van der Waals surface area contributed by atoms with E-state index in [1.165, 1.54) is 0 Å². The Labute approximate surface area is 122 Å². The molecule has 2 nitrogen and oxygen atoms in total. The van der Waals surface area contributed by atoms with Crippen molar-refractivity contribution in [2.45, 2.75) is 6.42 Å². The Kier molecular flexibility index (Phi) is 4.78. The van der Waals surface area contributed by atoms with Crippen molar-refractivity contribution in [1.82, 2.24) is 0 Å². The molecule has 0 aliphatic heterocycles. The molecule has 0 amide bonds. The summed E-state index contributed by atoms with van der Waals surface area (Å²) in [6, 6.07) is 16.6. The Hall–Kier alpha value is -2.28. The quantitative estimate of drug-likeness (QED) is 0.675. The van der Waals surface area contributed by atoms with Gasteiger partial charge in [-0.15, -0.1) is 5.73 Å². The van der Waals surface area contributed by atoms with E-state index in [-0.39, 0.29) is 5.57 Å². The van der Waals surface area contributed by atoms with Gasteiger partial charge in [0.25, 0.3) is 0 Å². The maximum atomic E-state index is 11.2. The number of aliphatic carboxylic acids is 1. The Morgan fingerprint density at radius 3 is 2.35 bits per heavy atom. The normalized spacial score (nSPS) is 9.65. The number of carbonyl (C=O) groups is 1. The van der Waals surface area contributed by atoms with Gasteiger partial charge in [0, 0.05) is 11.4 Å². The summed E-state index contributed by atoms with van der Waals surface area (Å²) in [7, 11) is 0. The topological polar surface area (TPSA) is 37.3 Å². The smallest absolute Gasteiger partial charge is 0.339 e. The standard InChI is InChI=1S/C17H13ClO2/c18-16-10-7-13(8-11-16)6-9-15(17(19)20)12-14-4-2-1-3-5-14/h1-8,10-11H,12H2,(H,19,20). The lowest BCUT2D eigenvalue weighted by atomic mass is 10.1. The van der Waals surface area contributed by atoms with Crippen molar-refractivity contribution in [3.05, 3.63) is 82.1 Å². The predicted molar refractivity (Wildman–Crippen MR) is 80.7 cm³/mol. The average Bonchev–Trinajstić information content (AvgIpc) is 2.46. The van der Waals surface area contributed by atoms with E-state index < -0.39 is 5.97 Å². The highest BCUT2D eigenvalue weighted by molar-refractivity contribution is 6.30. The molecule has 0 aliphatic rings. The second-order valence-electron chi connectivity index (χ2n) is 4.29. The molecular weight excluding hydrogens is 272 g/mol. The van der Waals surface area contributed by atoms with Crippen LogP contribution in [0.2, 0.25) is 5.02 Å². The molecular formula is C17H13ClO2. The van der Waals surface area contributed by atoms with Gasteiger partial charge in [-0.25, -0.2) is 4.79 Å². The van der Waals surface area contributed by atoms with Crippen LogP contribution in [-0.2, 0) is 11.2 Å². The van der Waals surface area contributed by atoms with E-state index >= 15 is 0 Å². The van der Waals surface area contributed by atoms with Crippen LogP contribution in [0.5, 0.6) is 0 Å². The molecule has 0 aliphatic carbocycles. The molecule has 2 rings (SSSR count). The molecule has 2 aromatic carbocycles. The minimum Gasteiger partial charge on any atom is -0.477 e. The second kappa shape index (κ2) is 6.76. The van der Waals surface area contributed by atoms with Gasteiger partial charge in [0.05, 0.1) is 5.57 Å². The van der Waals surface area contributed by atoms with Gasteiger partial charge in [-0.05, 0) is 29.3 Å². The van der Waals surface area contributed by atoms with E-state index in [1.807, 2.05) is 42.5 Å². The predicted octanol–water partition coefficient (Wildman–Crippen LogP) is 4.21. The average molecular weight is 285 g/mol. The van der Waals surface area contributed by atoms with Crippen molar-refractivity contribution in [2.75, 3.05) is 0 Å². The van der Waals surface area contributed by atoms with Crippen LogP contribution in [-0.4, -0.2) is 11.1 Å². The summed E-state index contributed by atoms with van der Waals surface area (Å²) in [6.45, 7) is 0. The fraction of sp³-hybridized carbons (Fsp3) is 0.0588. The van der Waals surface area contributed by atoms with Crippen LogP contribution in [0.4, 0.5) is 0 Å². The van der Waals surface area contributed by atoms with Gasteiger partial charge >= 0.3 is 5.97 Å². The second-order valence-corrected chi connectivity index (χ2v) is 4.72. The number of carboxylic acids is 1. The van der Waals surface area contributed by atoms with Crippen LogP contribution in [0.25, 0.3) is 6.08 Å². The van der Waals surface area contributed by atoms with Gasteiger partial charge in [-0.2, -0.15) is 0 Å². The summed E-state index contributed by atoms with van der Waals surface area (Å²) < 4.78 is 0. The van der Waals surface area contributed by atoms with E-state index in [0.29, 0.717) is 11.4 Å². The number of benzene rings is 2. The molecule has 0 atom stereocenters. The van der Waals surface area contributed by atoms with E-state index in [1.54, 1.807) is 18.2 Å². The molecule has 2 aromatic rings. The molecule has 0 saturated carbocycles. The Morgan fingerprint density at radius 2 is 1.75 bits per heavy atom. The number of rotatable bonds is 4. The van der Waals surface area contributed by atoms with Gasteiger partial charge in [-0.3, -0.25) is 0 Å². The zero-order valence-corrected chi connectivity index (χ0v) is 11.5. The molecule has 100 valence electrons. The first-order valence-electron chi connectivity index (χ1n) is 6.13. The first kappa shape index (κ1) is 14.1. The Morgan fingerprint density at radius 1 is 1.10 bits per heavy atom.